The van der Waals surface area contributed by atoms with E-state index in [4.69, 9.17) is 5.73 Å². The molecular formula is C11H17ClN2O4S2. The number of ether oxygens (including phenoxy) is 1. The van der Waals surface area contributed by atoms with Gasteiger partial charge in [0.05, 0.1) is 7.11 Å². The van der Waals surface area contributed by atoms with Crippen LogP contribution in [0.3, 0.4) is 0 Å². The molecule has 0 unspecified atom stereocenters. The van der Waals surface area contributed by atoms with E-state index in [2.05, 4.69) is 4.74 Å². The minimum absolute atomic E-state index is 0. The lowest BCUT2D eigenvalue weighted by Crippen LogP contribution is -2.32. The van der Waals surface area contributed by atoms with Gasteiger partial charge in [0.15, 0.2) is 0 Å². The van der Waals surface area contributed by atoms with Crippen molar-refractivity contribution in [3.63, 3.8) is 0 Å². The number of carbonyl (C=O) groups is 1. The van der Waals surface area contributed by atoms with Gasteiger partial charge in [-0.3, -0.25) is 0 Å². The largest absolute Gasteiger partial charge is 0.465 e. The second kappa shape index (κ2) is 6.40. The number of hydrogen-bond acceptors (Lipinski definition) is 6. The van der Waals surface area contributed by atoms with Crippen LogP contribution >= 0.6 is 23.7 Å². The van der Waals surface area contributed by atoms with Crippen LogP contribution in [0.1, 0.15) is 21.7 Å². The van der Waals surface area contributed by atoms with E-state index in [1.807, 2.05) is 0 Å². The Balaban J connectivity index is 0.00000200. The van der Waals surface area contributed by atoms with Crippen molar-refractivity contribution in [3.8, 4) is 0 Å². The summed E-state index contributed by atoms with van der Waals surface area (Å²) < 4.78 is 31.1. The first-order valence-electron chi connectivity index (χ1n) is 5.80. The molecule has 0 saturated carbocycles. The number of thiophene rings is 1. The van der Waals surface area contributed by atoms with E-state index < -0.39 is 16.0 Å². The van der Waals surface area contributed by atoms with Gasteiger partial charge in [-0.25, -0.2) is 13.2 Å². The minimum atomic E-state index is -3.68. The summed E-state index contributed by atoms with van der Waals surface area (Å²) in [5, 5.41) is 1.65. The Hall–Kier alpha value is -0.670. The Labute approximate surface area is 128 Å². The van der Waals surface area contributed by atoms with Crippen LogP contribution in [0.2, 0.25) is 0 Å². The Morgan fingerprint density at radius 2 is 2.20 bits per heavy atom. The topological polar surface area (TPSA) is 89.7 Å². The first-order chi connectivity index (χ1) is 8.87. The number of halogens is 1. The average Bonchev–Trinajstić information content (AvgIpc) is 2.95. The van der Waals surface area contributed by atoms with Crippen LogP contribution in [-0.2, 0) is 14.8 Å². The van der Waals surface area contributed by atoms with Gasteiger partial charge in [-0.05, 0) is 24.3 Å². The normalized spacial score (nSPS) is 19.6. The molecule has 1 atom stereocenters. The average molecular weight is 341 g/mol. The van der Waals surface area contributed by atoms with E-state index in [-0.39, 0.29) is 34.8 Å². The zero-order valence-corrected chi connectivity index (χ0v) is 13.6. The molecule has 0 amide bonds. The summed E-state index contributed by atoms with van der Waals surface area (Å²) >= 11 is 1.08. The monoisotopic (exact) mass is 340 g/mol. The highest BCUT2D eigenvalue weighted by atomic mass is 35.5. The number of carbonyl (C=O) groups excluding carboxylic acids is 1. The van der Waals surface area contributed by atoms with Crippen LogP contribution in [-0.4, -0.2) is 44.9 Å². The lowest BCUT2D eigenvalue weighted by atomic mass is 10.3. The molecule has 1 aromatic heterocycles. The highest BCUT2D eigenvalue weighted by Gasteiger charge is 2.36. The second-order valence-electron chi connectivity index (χ2n) is 4.48. The third kappa shape index (κ3) is 2.99. The van der Waals surface area contributed by atoms with Crippen LogP contribution < -0.4 is 5.73 Å². The highest BCUT2D eigenvalue weighted by molar-refractivity contribution is 7.89. The summed E-state index contributed by atoms with van der Waals surface area (Å²) in [4.78, 5) is 11.8. The molecular weight excluding hydrogens is 324 g/mol. The summed E-state index contributed by atoms with van der Waals surface area (Å²) in [6.07, 6.45) is 0.635. The number of esters is 1. The predicted molar refractivity (Wildman–Crippen MR) is 79.0 cm³/mol. The number of methoxy groups -OCH3 is 1. The maximum atomic E-state index is 12.6. The number of nitrogens with zero attached hydrogens (tertiary/aromatic N) is 1. The molecule has 0 spiro atoms. The molecule has 0 aromatic carbocycles. The van der Waals surface area contributed by atoms with Crippen LogP contribution in [0.4, 0.5) is 0 Å². The third-order valence-electron chi connectivity index (χ3n) is 3.07. The number of rotatable bonds is 3. The van der Waals surface area contributed by atoms with Crippen molar-refractivity contribution in [2.45, 2.75) is 24.3 Å². The fourth-order valence-electron chi connectivity index (χ4n) is 2.09. The van der Waals surface area contributed by atoms with E-state index >= 15 is 0 Å². The molecule has 0 aliphatic carbocycles. The standard InChI is InChI=1S/C11H16N2O4S2.ClH/c1-7-6-18-9(11(14)17-2)10(7)19(15,16)13-4-3-8(12)5-13;/h6,8H,3-5,12H2,1-2H3;1H/t8-;/m1./s1. The van der Waals surface area contributed by atoms with Crippen LogP contribution in [0.5, 0.6) is 0 Å². The van der Waals surface area contributed by atoms with E-state index in [0.717, 1.165) is 11.3 Å². The predicted octanol–water partition coefficient (Wildman–Crippen LogP) is 0.987. The molecule has 2 heterocycles. The van der Waals surface area contributed by atoms with Crippen molar-refractivity contribution < 1.29 is 17.9 Å². The molecule has 1 saturated heterocycles. The second-order valence-corrected chi connectivity index (χ2v) is 7.23. The van der Waals surface area contributed by atoms with Crippen molar-refractivity contribution in [1.82, 2.24) is 4.31 Å². The van der Waals surface area contributed by atoms with Gasteiger partial charge in [-0.2, -0.15) is 4.31 Å². The maximum absolute atomic E-state index is 12.6. The molecule has 0 radical (unpaired) electrons. The van der Waals surface area contributed by atoms with Crippen molar-refractivity contribution >= 4 is 39.7 Å². The molecule has 1 aliphatic heterocycles. The van der Waals surface area contributed by atoms with Crippen LogP contribution in [0.15, 0.2) is 10.3 Å². The summed E-state index contributed by atoms with van der Waals surface area (Å²) in [5.74, 6) is -0.625. The van der Waals surface area contributed by atoms with Crippen LogP contribution in [0.25, 0.3) is 0 Å². The molecule has 1 aliphatic rings. The Morgan fingerprint density at radius 1 is 1.55 bits per heavy atom. The first-order valence-corrected chi connectivity index (χ1v) is 8.12. The van der Waals surface area contributed by atoms with E-state index in [1.165, 1.54) is 11.4 Å². The summed E-state index contributed by atoms with van der Waals surface area (Å²) in [6.45, 7) is 2.35. The molecule has 0 bridgehead atoms. The third-order valence-corrected chi connectivity index (χ3v) is 6.33. The van der Waals surface area contributed by atoms with Gasteiger partial charge >= 0.3 is 5.97 Å². The molecule has 1 fully saturated rings. The van der Waals surface area contributed by atoms with Crippen molar-refractivity contribution in [3.05, 3.63) is 15.8 Å². The Morgan fingerprint density at radius 3 is 2.70 bits per heavy atom. The number of sulfonamides is 1. The fraction of sp³-hybridized carbons (Fsp3) is 0.545. The zero-order chi connectivity index (χ0) is 14.2. The number of hydrogen-bond donors (Lipinski definition) is 1. The van der Waals surface area contributed by atoms with Gasteiger partial charge in [0.1, 0.15) is 9.77 Å². The molecule has 114 valence electrons. The minimum Gasteiger partial charge on any atom is -0.465 e. The fourth-order valence-corrected chi connectivity index (χ4v) is 5.26. The van der Waals surface area contributed by atoms with Crippen molar-refractivity contribution in [1.29, 1.82) is 0 Å². The van der Waals surface area contributed by atoms with Crippen molar-refractivity contribution in [2.24, 2.45) is 5.73 Å². The Kier molecular flexibility index (Phi) is 5.56. The van der Waals surface area contributed by atoms with Gasteiger partial charge in [0, 0.05) is 19.1 Å². The van der Waals surface area contributed by atoms with Gasteiger partial charge in [0.2, 0.25) is 10.0 Å². The van der Waals surface area contributed by atoms with E-state index in [0.29, 0.717) is 18.5 Å². The quantitative estimate of drug-likeness (QED) is 0.829. The first kappa shape index (κ1) is 17.4. The smallest absolute Gasteiger partial charge is 0.349 e. The van der Waals surface area contributed by atoms with Crippen molar-refractivity contribution in [2.75, 3.05) is 20.2 Å². The molecule has 1 aromatic rings. The highest BCUT2D eigenvalue weighted by Crippen LogP contribution is 2.31. The number of aryl methyl sites for hydroxylation is 1. The lowest BCUT2D eigenvalue weighted by Gasteiger charge is -2.16. The lowest BCUT2D eigenvalue weighted by molar-refractivity contribution is 0.0602. The summed E-state index contributed by atoms with van der Waals surface area (Å²) in [6, 6.07) is -0.143. The summed E-state index contributed by atoms with van der Waals surface area (Å²) in [7, 11) is -2.45. The van der Waals surface area contributed by atoms with Crippen LogP contribution in [0, 0.1) is 6.92 Å². The van der Waals surface area contributed by atoms with E-state index in [9.17, 15) is 13.2 Å². The maximum Gasteiger partial charge on any atom is 0.349 e. The van der Waals surface area contributed by atoms with Gasteiger partial charge < -0.3 is 10.5 Å². The van der Waals surface area contributed by atoms with Gasteiger partial charge in [-0.15, -0.1) is 23.7 Å². The molecule has 2 rings (SSSR count). The SMILES string of the molecule is COC(=O)c1scc(C)c1S(=O)(=O)N1CC[C@@H](N)C1.Cl. The summed E-state index contributed by atoms with van der Waals surface area (Å²) in [5.41, 5.74) is 6.30. The Bertz CT molecular complexity index is 600. The molecule has 20 heavy (non-hydrogen) atoms. The zero-order valence-electron chi connectivity index (χ0n) is 11.2. The molecule has 9 heteroatoms. The van der Waals surface area contributed by atoms with Gasteiger partial charge in [0.25, 0.3) is 0 Å². The molecule has 2 N–H and O–H groups in total. The number of nitrogens with two attached hydrogens (primary N) is 1. The van der Waals surface area contributed by atoms with E-state index in [1.54, 1.807) is 12.3 Å². The van der Waals surface area contributed by atoms with Gasteiger partial charge in [-0.1, -0.05) is 0 Å². The molecule has 6 nitrogen and oxygen atoms in total.